The smallest absolute Gasteiger partial charge is 0.488 e. The first-order valence-electron chi connectivity index (χ1n) is 13.0. The number of hydrogen-bond acceptors (Lipinski definition) is 8. The average molecular weight is 564 g/mol. The van der Waals surface area contributed by atoms with Crippen LogP contribution in [0, 0.1) is 11.8 Å². The summed E-state index contributed by atoms with van der Waals surface area (Å²) in [7, 11) is 3.58. The monoisotopic (exact) mass is 563 g/mol. The number of nitrogens with zero attached hydrogens (tertiary/aromatic N) is 4. The number of likely N-dealkylation sites (N-methyl/N-ethyl adjacent to an activating group) is 1. The van der Waals surface area contributed by atoms with E-state index in [1.165, 1.54) is 17.0 Å². The molecule has 3 atom stereocenters. The Balaban J connectivity index is 1.35. The van der Waals surface area contributed by atoms with Crippen LogP contribution in [0.3, 0.4) is 0 Å². The molecule has 3 amide bonds. The van der Waals surface area contributed by atoms with Gasteiger partial charge in [-0.3, -0.25) is 4.79 Å². The molecule has 10 nitrogen and oxygen atoms in total. The van der Waals surface area contributed by atoms with E-state index < -0.39 is 29.6 Å². The second-order valence-corrected chi connectivity index (χ2v) is 11.0. The van der Waals surface area contributed by atoms with Gasteiger partial charge in [0, 0.05) is 43.2 Å². The van der Waals surface area contributed by atoms with Gasteiger partial charge in [0.25, 0.3) is 5.91 Å². The molecule has 1 unspecified atom stereocenters. The van der Waals surface area contributed by atoms with Gasteiger partial charge in [-0.05, 0) is 57.8 Å². The highest BCUT2D eigenvalue weighted by Gasteiger charge is 2.54. The quantitative estimate of drug-likeness (QED) is 0.437. The van der Waals surface area contributed by atoms with Crippen LogP contribution >= 0.6 is 0 Å². The maximum absolute atomic E-state index is 13.6. The number of anilines is 2. The number of halogens is 3. The fraction of sp³-hybridized carbons (Fsp3) is 0.519. The van der Waals surface area contributed by atoms with E-state index in [1.807, 2.05) is 6.07 Å². The van der Waals surface area contributed by atoms with Crippen LogP contribution in [0.2, 0.25) is 0 Å². The fourth-order valence-corrected chi connectivity index (χ4v) is 5.08. The lowest BCUT2D eigenvalue weighted by Gasteiger charge is -2.27. The van der Waals surface area contributed by atoms with Crippen LogP contribution in [0.5, 0.6) is 11.5 Å². The van der Waals surface area contributed by atoms with Gasteiger partial charge in [-0.2, -0.15) is 0 Å². The predicted molar refractivity (Wildman–Crippen MR) is 139 cm³/mol. The number of carbonyl (C=O) groups is 2. The third kappa shape index (κ3) is 5.66. The predicted octanol–water partition coefficient (Wildman–Crippen LogP) is 3.72. The highest BCUT2D eigenvalue weighted by molar-refractivity contribution is 6.23. The number of hydrogen-bond donors (Lipinski definition) is 1. The number of benzene rings is 1. The number of aromatic nitrogens is 1. The Hall–Kier alpha value is -3.58. The Morgan fingerprint density at radius 1 is 1.12 bits per heavy atom. The molecule has 1 saturated carbocycles. The fourth-order valence-electron chi connectivity index (χ4n) is 5.08. The zero-order valence-electron chi connectivity index (χ0n) is 22.7. The molecule has 2 aromatic rings. The van der Waals surface area contributed by atoms with Crippen molar-refractivity contribution >= 4 is 23.4 Å². The molecule has 1 N–H and O–H groups in total. The van der Waals surface area contributed by atoms with Crippen molar-refractivity contribution in [1.29, 1.82) is 0 Å². The van der Waals surface area contributed by atoms with Crippen molar-refractivity contribution in [2.75, 3.05) is 50.7 Å². The van der Waals surface area contributed by atoms with Gasteiger partial charge in [0.2, 0.25) is 0 Å². The molecule has 1 aliphatic carbocycles. The summed E-state index contributed by atoms with van der Waals surface area (Å²) in [5, 5.41) is 3.43. The number of nitrogens with one attached hydrogen (secondary N) is 1. The molecule has 0 radical (unpaired) electrons. The summed E-state index contributed by atoms with van der Waals surface area (Å²) in [4.78, 5) is 35.6. The van der Waals surface area contributed by atoms with Crippen LogP contribution in [0.1, 0.15) is 19.4 Å². The molecule has 3 heterocycles. The van der Waals surface area contributed by atoms with Crippen molar-refractivity contribution < 1.29 is 37.0 Å². The van der Waals surface area contributed by atoms with Gasteiger partial charge in [-0.15, -0.1) is 13.2 Å². The van der Waals surface area contributed by atoms with Crippen LogP contribution in [0.4, 0.5) is 29.5 Å². The first kappa shape index (κ1) is 28.0. The summed E-state index contributed by atoms with van der Waals surface area (Å²) in [6.45, 7) is 5.37. The molecule has 3 fully saturated rings. The number of rotatable bonds is 10. The minimum absolute atomic E-state index is 0.0674. The topological polar surface area (TPSA) is 96.5 Å². The minimum Gasteiger partial charge on any atom is -0.488 e. The van der Waals surface area contributed by atoms with Crippen molar-refractivity contribution in [3.05, 3.63) is 42.1 Å². The van der Waals surface area contributed by atoms with Crippen molar-refractivity contribution in [3.8, 4) is 11.5 Å². The van der Waals surface area contributed by atoms with Crippen LogP contribution < -0.4 is 19.7 Å². The molecule has 0 spiro atoms. The SMILES string of the molecule is CN(C)CCOc1cc(N2C(=O)N(Cc3ccnc(NC4[C@H]5COC[C@@H]45)c3)C(C)(C)C2=O)ccc1OC(F)(F)F. The Morgan fingerprint density at radius 2 is 1.85 bits per heavy atom. The first-order valence-corrected chi connectivity index (χ1v) is 13.0. The van der Waals surface area contributed by atoms with E-state index in [4.69, 9.17) is 9.47 Å². The lowest BCUT2D eigenvalue weighted by Crippen LogP contribution is -2.43. The summed E-state index contributed by atoms with van der Waals surface area (Å²) in [6, 6.07) is 6.85. The van der Waals surface area contributed by atoms with Crippen LogP contribution in [0.15, 0.2) is 36.5 Å². The maximum Gasteiger partial charge on any atom is 0.573 e. The van der Waals surface area contributed by atoms with Crippen molar-refractivity contribution in [2.45, 2.75) is 38.3 Å². The Labute approximate surface area is 230 Å². The van der Waals surface area contributed by atoms with E-state index in [2.05, 4.69) is 15.0 Å². The molecule has 1 aromatic heterocycles. The molecule has 1 aromatic carbocycles. The van der Waals surface area contributed by atoms with E-state index in [9.17, 15) is 22.8 Å². The summed E-state index contributed by atoms with van der Waals surface area (Å²) < 4.78 is 54.1. The largest absolute Gasteiger partial charge is 0.573 e. The molecule has 40 heavy (non-hydrogen) atoms. The number of amides is 3. The molecular weight excluding hydrogens is 531 g/mol. The molecule has 3 aliphatic rings. The van der Waals surface area contributed by atoms with Gasteiger partial charge in [-0.1, -0.05) is 0 Å². The molecule has 216 valence electrons. The lowest BCUT2D eigenvalue weighted by atomic mass is 10.0. The van der Waals surface area contributed by atoms with Gasteiger partial charge < -0.3 is 29.3 Å². The number of fused-ring (bicyclic) bond motifs is 1. The summed E-state index contributed by atoms with van der Waals surface area (Å²) in [6.07, 6.45) is -3.29. The van der Waals surface area contributed by atoms with Crippen LogP contribution in [-0.4, -0.2) is 85.1 Å². The number of ether oxygens (including phenoxy) is 3. The molecule has 2 saturated heterocycles. The number of pyridine rings is 1. The van der Waals surface area contributed by atoms with E-state index in [-0.39, 0.29) is 24.6 Å². The first-order chi connectivity index (χ1) is 18.8. The molecule has 0 bridgehead atoms. The number of carbonyl (C=O) groups excluding carboxylic acids is 2. The molecular formula is C27H32F3N5O5. The second kappa shape index (κ2) is 10.4. The normalized spacial score (nSPS) is 23.6. The van der Waals surface area contributed by atoms with Crippen LogP contribution in [0.25, 0.3) is 0 Å². The number of urea groups is 1. The van der Waals surface area contributed by atoms with Gasteiger partial charge >= 0.3 is 12.4 Å². The van der Waals surface area contributed by atoms with Gasteiger partial charge in [0.05, 0.1) is 18.9 Å². The van der Waals surface area contributed by atoms with Gasteiger partial charge in [0.1, 0.15) is 18.0 Å². The molecule has 13 heteroatoms. The minimum atomic E-state index is -4.94. The number of alkyl halides is 3. The molecule has 5 rings (SSSR count). The Bertz CT molecular complexity index is 1280. The summed E-state index contributed by atoms with van der Waals surface area (Å²) in [5.41, 5.74) is -0.358. The average Bonchev–Trinajstić information content (AvgIpc) is 3.20. The van der Waals surface area contributed by atoms with E-state index in [1.54, 1.807) is 45.1 Å². The van der Waals surface area contributed by atoms with Gasteiger partial charge in [-0.25, -0.2) is 14.7 Å². The Kier molecular flexibility index (Phi) is 7.29. The summed E-state index contributed by atoms with van der Waals surface area (Å²) >= 11 is 0. The van der Waals surface area contributed by atoms with Crippen molar-refractivity contribution in [3.63, 3.8) is 0 Å². The van der Waals surface area contributed by atoms with E-state index >= 15 is 0 Å². The number of imide groups is 1. The standard InChI is InChI=1S/C27H32F3N5O5/c1-26(2)24(36)35(17-5-6-20(40-27(28,29)30)21(12-17)39-10-9-33(3)4)25(37)34(26)13-16-7-8-31-22(11-16)32-23-18-14-38-15-19(18)23/h5-8,11-12,18-19,23H,9-10,13-15H2,1-4H3,(H,31,32)/t18-,19+,23?. The highest BCUT2D eigenvalue weighted by atomic mass is 19.4. The second-order valence-electron chi connectivity index (χ2n) is 11.0. The maximum atomic E-state index is 13.6. The van der Waals surface area contributed by atoms with E-state index in [0.717, 1.165) is 29.7 Å². The zero-order valence-corrected chi connectivity index (χ0v) is 22.7. The third-order valence-corrected chi connectivity index (χ3v) is 7.46. The molecule has 2 aliphatic heterocycles. The highest BCUT2D eigenvalue weighted by Crippen LogP contribution is 2.46. The third-order valence-electron chi connectivity index (χ3n) is 7.46. The van der Waals surface area contributed by atoms with E-state index in [0.29, 0.717) is 30.2 Å². The lowest BCUT2D eigenvalue weighted by molar-refractivity contribution is -0.275. The Morgan fingerprint density at radius 3 is 2.52 bits per heavy atom. The summed E-state index contributed by atoms with van der Waals surface area (Å²) in [5.74, 6) is 0.353. The van der Waals surface area contributed by atoms with Crippen LogP contribution in [-0.2, 0) is 16.1 Å². The van der Waals surface area contributed by atoms with Crippen molar-refractivity contribution in [2.24, 2.45) is 11.8 Å². The van der Waals surface area contributed by atoms with Crippen molar-refractivity contribution in [1.82, 2.24) is 14.8 Å². The van der Waals surface area contributed by atoms with Gasteiger partial charge in [0.15, 0.2) is 11.5 Å². The zero-order chi connectivity index (χ0) is 28.8.